The second kappa shape index (κ2) is 12.2. The quantitative estimate of drug-likeness (QED) is 0.424. The first-order valence-corrected chi connectivity index (χ1v) is 13.7. The van der Waals surface area contributed by atoms with E-state index in [4.69, 9.17) is 9.84 Å². The minimum absolute atomic E-state index is 0.0249. The Labute approximate surface area is 222 Å². The first kappa shape index (κ1) is 27.3. The van der Waals surface area contributed by atoms with Crippen LogP contribution in [0, 0.1) is 0 Å². The van der Waals surface area contributed by atoms with Gasteiger partial charge >= 0.3 is 5.97 Å². The van der Waals surface area contributed by atoms with Gasteiger partial charge in [-0.05, 0) is 29.3 Å². The molecule has 3 aromatic carbocycles. The summed E-state index contributed by atoms with van der Waals surface area (Å²) >= 11 is 0. The van der Waals surface area contributed by atoms with Gasteiger partial charge in [0.15, 0.2) is 6.61 Å². The Balaban J connectivity index is 1.53. The summed E-state index contributed by atoms with van der Waals surface area (Å²) in [6.07, 6.45) is 0. The van der Waals surface area contributed by atoms with Crippen LogP contribution >= 0.6 is 0 Å². The summed E-state index contributed by atoms with van der Waals surface area (Å²) in [6, 6.07) is 23.2. The van der Waals surface area contributed by atoms with Crippen molar-refractivity contribution in [1.29, 1.82) is 0 Å². The van der Waals surface area contributed by atoms with Gasteiger partial charge in [-0.3, -0.25) is 9.69 Å². The lowest BCUT2D eigenvalue weighted by molar-refractivity contribution is -0.139. The molecule has 1 N–H and O–H groups in total. The van der Waals surface area contributed by atoms with Crippen molar-refractivity contribution in [1.82, 2.24) is 14.1 Å². The maximum atomic E-state index is 13.5. The monoisotopic (exact) mass is 537 g/mol. The fourth-order valence-corrected chi connectivity index (χ4v) is 5.51. The number of benzene rings is 3. The fraction of sp³-hybridized carbons (Fsp3) is 0.286. The summed E-state index contributed by atoms with van der Waals surface area (Å²) < 4.78 is 33.3. The number of carboxylic acid groups (broad SMARTS) is 1. The van der Waals surface area contributed by atoms with Crippen molar-refractivity contribution >= 4 is 21.9 Å². The molecule has 0 radical (unpaired) electrons. The molecule has 1 heterocycles. The topological polar surface area (TPSA) is 107 Å². The van der Waals surface area contributed by atoms with E-state index >= 15 is 0 Å². The molecule has 1 fully saturated rings. The van der Waals surface area contributed by atoms with Crippen LogP contribution in [-0.4, -0.2) is 79.3 Å². The van der Waals surface area contributed by atoms with E-state index in [0.29, 0.717) is 26.2 Å². The number of carboxylic acids is 1. The summed E-state index contributed by atoms with van der Waals surface area (Å²) in [5.41, 5.74) is 2.04. The Hall–Kier alpha value is -3.73. The number of aliphatic carboxylic acids is 1. The van der Waals surface area contributed by atoms with Crippen LogP contribution in [0.1, 0.15) is 21.5 Å². The van der Waals surface area contributed by atoms with Crippen LogP contribution in [0.25, 0.3) is 0 Å². The van der Waals surface area contributed by atoms with Gasteiger partial charge < -0.3 is 14.7 Å². The number of ether oxygens (including phenoxy) is 1. The average Bonchev–Trinajstić information content (AvgIpc) is 2.93. The standard InChI is InChI=1S/C28H31N3O6S/c1-29(19-22-8-4-2-5-9-22)38(35,36)24-12-13-26(37-21-27(32)33)25(18-24)28(34)31-16-14-30(15-17-31)20-23-10-6-3-7-11-23/h2-13,18H,14-17,19-21H2,1H3,(H,32,33). The van der Waals surface area contributed by atoms with E-state index in [1.54, 1.807) is 4.90 Å². The van der Waals surface area contributed by atoms with E-state index < -0.39 is 28.5 Å². The molecule has 1 amide bonds. The molecular weight excluding hydrogens is 506 g/mol. The third-order valence-corrected chi connectivity index (χ3v) is 8.20. The molecule has 200 valence electrons. The van der Waals surface area contributed by atoms with Crippen molar-refractivity contribution in [2.75, 3.05) is 39.8 Å². The molecule has 1 saturated heterocycles. The highest BCUT2D eigenvalue weighted by Gasteiger charge is 2.28. The van der Waals surface area contributed by atoms with Crippen molar-refractivity contribution in [3.8, 4) is 5.75 Å². The van der Waals surface area contributed by atoms with Gasteiger partial charge in [-0.15, -0.1) is 0 Å². The van der Waals surface area contributed by atoms with Gasteiger partial charge in [-0.1, -0.05) is 60.7 Å². The van der Waals surface area contributed by atoms with Crippen LogP contribution in [-0.2, 0) is 27.9 Å². The van der Waals surface area contributed by atoms with Gasteiger partial charge in [0.2, 0.25) is 10.0 Å². The third kappa shape index (κ3) is 6.77. The molecule has 0 atom stereocenters. The molecule has 0 unspecified atom stereocenters. The summed E-state index contributed by atoms with van der Waals surface area (Å²) in [5, 5.41) is 9.07. The zero-order valence-corrected chi connectivity index (χ0v) is 22.0. The van der Waals surface area contributed by atoms with E-state index in [1.807, 2.05) is 48.5 Å². The van der Waals surface area contributed by atoms with Gasteiger partial charge in [0, 0.05) is 46.3 Å². The minimum atomic E-state index is -3.93. The Kier molecular flexibility index (Phi) is 8.77. The first-order valence-electron chi connectivity index (χ1n) is 12.3. The molecule has 0 saturated carbocycles. The largest absolute Gasteiger partial charge is 0.481 e. The molecule has 38 heavy (non-hydrogen) atoms. The normalized spacial score (nSPS) is 14.4. The average molecular weight is 538 g/mol. The molecule has 9 nitrogen and oxygen atoms in total. The van der Waals surface area contributed by atoms with Gasteiger partial charge in [0.25, 0.3) is 5.91 Å². The Morgan fingerprint density at radius 1 is 0.895 bits per heavy atom. The van der Waals surface area contributed by atoms with Crippen LogP contribution in [0.2, 0.25) is 0 Å². The fourth-order valence-electron chi connectivity index (χ4n) is 4.33. The molecule has 1 aliphatic heterocycles. The van der Waals surface area contributed by atoms with Crippen molar-refractivity contribution in [2.45, 2.75) is 18.0 Å². The predicted octanol–water partition coefficient (Wildman–Crippen LogP) is 2.93. The zero-order chi connectivity index (χ0) is 27.1. The van der Waals surface area contributed by atoms with Crippen LogP contribution < -0.4 is 4.74 Å². The number of nitrogens with zero attached hydrogens (tertiary/aromatic N) is 3. The van der Waals surface area contributed by atoms with Gasteiger partial charge in [0.05, 0.1) is 10.5 Å². The van der Waals surface area contributed by atoms with Gasteiger partial charge in [-0.25, -0.2) is 13.2 Å². The van der Waals surface area contributed by atoms with Crippen LogP contribution in [0.4, 0.5) is 0 Å². The Morgan fingerprint density at radius 3 is 2.11 bits per heavy atom. The SMILES string of the molecule is CN(Cc1ccccc1)S(=O)(=O)c1ccc(OCC(=O)O)c(C(=O)N2CCN(Cc3ccccc3)CC2)c1. The summed E-state index contributed by atoms with van der Waals surface area (Å²) in [5.74, 6) is -1.56. The van der Waals surface area contributed by atoms with E-state index in [2.05, 4.69) is 17.0 Å². The highest BCUT2D eigenvalue weighted by Crippen LogP contribution is 2.27. The number of hydrogen-bond donors (Lipinski definition) is 1. The highest BCUT2D eigenvalue weighted by atomic mass is 32.2. The second-order valence-corrected chi connectivity index (χ2v) is 11.2. The molecule has 0 bridgehead atoms. The zero-order valence-electron chi connectivity index (χ0n) is 21.2. The van der Waals surface area contributed by atoms with Crippen LogP contribution in [0.15, 0.2) is 83.8 Å². The molecule has 1 aliphatic rings. The van der Waals surface area contributed by atoms with E-state index in [1.165, 1.54) is 35.1 Å². The van der Waals surface area contributed by atoms with E-state index in [-0.39, 0.29) is 22.8 Å². The third-order valence-electron chi connectivity index (χ3n) is 6.40. The number of carbonyl (C=O) groups is 2. The lowest BCUT2D eigenvalue weighted by Crippen LogP contribution is -2.48. The van der Waals surface area contributed by atoms with Crippen LogP contribution in [0.5, 0.6) is 5.75 Å². The van der Waals surface area contributed by atoms with Gasteiger partial charge in [0.1, 0.15) is 5.75 Å². The second-order valence-electron chi connectivity index (χ2n) is 9.14. The molecule has 4 rings (SSSR count). The maximum absolute atomic E-state index is 13.5. The number of sulfonamides is 1. The summed E-state index contributed by atoms with van der Waals surface area (Å²) in [6.45, 7) is 2.51. The maximum Gasteiger partial charge on any atom is 0.341 e. The van der Waals surface area contributed by atoms with Crippen LogP contribution in [0.3, 0.4) is 0 Å². The van der Waals surface area contributed by atoms with Gasteiger partial charge in [-0.2, -0.15) is 4.31 Å². The molecule has 3 aromatic rings. The molecule has 10 heteroatoms. The van der Waals surface area contributed by atoms with Crippen molar-refractivity contribution in [3.63, 3.8) is 0 Å². The number of hydrogen-bond acceptors (Lipinski definition) is 6. The van der Waals surface area contributed by atoms with E-state index in [0.717, 1.165) is 12.1 Å². The predicted molar refractivity (Wildman–Crippen MR) is 142 cm³/mol. The molecule has 0 spiro atoms. The minimum Gasteiger partial charge on any atom is -0.481 e. The molecule has 0 aliphatic carbocycles. The Bertz CT molecular complexity index is 1360. The number of rotatable bonds is 10. The van der Waals surface area contributed by atoms with Crippen molar-refractivity contribution in [3.05, 3.63) is 95.6 Å². The van der Waals surface area contributed by atoms with Crippen molar-refractivity contribution < 1.29 is 27.9 Å². The highest BCUT2D eigenvalue weighted by molar-refractivity contribution is 7.89. The lowest BCUT2D eigenvalue weighted by Gasteiger charge is -2.35. The number of carbonyl (C=O) groups excluding carboxylic acids is 1. The lowest BCUT2D eigenvalue weighted by atomic mass is 10.1. The molecular formula is C28H31N3O6S. The van der Waals surface area contributed by atoms with Crippen molar-refractivity contribution in [2.24, 2.45) is 0 Å². The smallest absolute Gasteiger partial charge is 0.341 e. The number of piperazine rings is 1. The summed E-state index contributed by atoms with van der Waals surface area (Å²) in [4.78, 5) is 28.5. The van der Waals surface area contributed by atoms with E-state index in [9.17, 15) is 18.0 Å². The summed E-state index contributed by atoms with van der Waals surface area (Å²) in [7, 11) is -2.46. The molecule has 0 aromatic heterocycles. The first-order chi connectivity index (χ1) is 18.2. The number of amides is 1. The Morgan fingerprint density at radius 2 is 1.50 bits per heavy atom.